The number of nitrogens with two attached hydrogens (primary N) is 2. The number of aliphatic hydroxyl groups excluding tert-OH is 2. The lowest BCUT2D eigenvalue weighted by molar-refractivity contribution is 0.00369. The smallest absolute Gasteiger partial charge is 0.0927 e. The molecule has 2 atom stereocenters. The van der Waals surface area contributed by atoms with Crippen molar-refractivity contribution in [3.05, 3.63) is 0 Å². The van der Waals surface area contributed by atoms with Crippen molar-refractivity contribution in [2.45, 2.75) is 18.6 Å². The molecular formula is C7H18N2O3. The van der Waals surface area contributed by atoms with E-state index in [2.05, 4.69) is 0 Å². The van der Waals surface area contributed by atoms with Gasteiger partial charge in [-0.1, -0.05) is 0 Å². The van der Waals surface area contributed by atoms with E-state index in [1.807, 2.05) is 0 Å². The SMILES string of the molecule is NCC(O)CCOC(CN)CO. The average Bonchev–Trinajstić information content (AvgIpc) is 2.12. The van der Waals surface area contributed by atoms with Gasteiger partial charge in [0.1, 0.15) is 0 Å². The third-order valence-corrected chi connectivity index (χ3v) is 1.54. The van der Waals surface area contributed by atoms with E-state index in [0.717, 1.165) is 0 Å². The topological polar surface area (TPSA) is 102 Å². The molecule has 74 valence electrons. The first-order valence-electron chi connectivity index (χ1n) is 4.05. The second-order valence-electron chi connectivity index (χ2n) is 2.59. The van der Waals surface area contributed by atoms with E-state index in [1.54, 1.807) is 0 Å². The van der Waals surface area contributed by atoms with Crippen molar-refractivity contribution in [1.29, 1.82) is 0 Å². The Morgan fingerprint density at radius 2 is 1.92 bits per heavy atom. The summed E-state index contributed by atoms with van der Waals surface area (Å²) >= 11 is 0. The Morgan fingerprint density at radius 3 is 2.33 bits per heavy atom. The highest BCUT2D eigenvalue weighted by molar-refractivity contribution is 4.58. The fourth-order valence-corrected chi connectivity index (χ4v) is 0.684. The van der Waals surface area contributed by atoms with E-state index in [0.29, 0.717) is 13.0 Å². The molecule has 0 heterocycles. The highest BCUT2D eigenvalue weighted by atomic mass is 16.5. The number of ether oxygens (including phenoxy) is 1. The monoisotopic (exact) mass is 178 g/mol. The maximum absolute atomic E-state index is 9.02. The van der Waals surface area contributed by atoms with Crippen LogP contribution in [0.15, 0.2) is 0 Å². The molecule has 0 saturated carbocycles. The van der Waals surface area contributed by atoms with Gasteiger partial charge in [0.15, 0.2) is 0 Å². The van der Waals surface area contributed by atoms with Crippen molar-refractivity contribution in [3.8, 4) is 0 Å². The van der Waals surface area contributed by atoms with Crippen LogP contribution in [-0.2, 0) is 4.74 Å². The summed E-state index contributed by atoms with van der Waals surface area (Å²) in [5.74, 6) is 0. The fraction of sp³-hybridized carbons (Fsp3) is 1.00. The summed E-state index contributed by atoms with van der Waals surface area (Å²) in [5.41, 5.74) is 10.4. The summed E-state index contributed by atoms with van der Waals surface area (Å²) in [5, 5.41) is 17.7. The average molecular weight is 178 g/mol. The van der Waals surface area contributed by atoms with Gasteiger partial charge in [0.05, 0.1) is 18.8 Å². The van der Waals surface area contributed by atoms with Gasteiger partial charge >= 0.3 is 0 Å². The molecule has 0 aromatic heterocycles. The van der Waals surface area contributed by atoms with Crippen LogP contribution in [0.3, 0.4) is 0 Å². The lowest BCUT2D eigenvalue weighted by Crippen LogP contribution is -2.29. The molecule has 12 heavy (non-hydrogen) atoms. The molecule has 0 amide bonds. The van der Waals surface area contributed by atoms with Crippen molar-refractivity contribution >= 4 is 0 Å². The highest BCUT2D eigenvalue weighted by Gasteiger charge is 2.06. The zero-order valence-corrected chi connectivity index (χ0v) is 7.15. The van der Waals surface area contributed by atoms with Crippen LogP contribution in [0, 0.1) is 0 Å². The van der Waals surface area contributed by atoms with Crippen molar-refractivity contribution in [3.63, 3.8) is 0 Å². The van der Waals surface area contributed by atoms with Gasteiger partial charge in [-0.3, -0.25) is 0 Å². The van der Waals surface area contributed by atoms with Crippen LogP contribution < -0.4 is 11.5 Å². The minimum absolute atomic E-state index is 0.0881. The fourth-order valence-electron chi connectivity index (χ4n) is 0.684. The molecule has 5 heteroatoms. The van der Waals surface area contributed by atoms with E-state index in [4.69, 9.17) is 26.4 Å². The Bertz CT molecular complexity index is 98.7. The number of aliphatic hydroxyl groups is 2. The zero-order chi connectivity index (χ0) is 9.40. The summed E-state index contributed by atoms with van der Waals surface area (Å²) in [7, 11) is 0. The molecule has 0 radical (unpaired) electrons. The van der Waals surface area contributed by atoms with Crippen LogP contribution in [0.4, 0.5) is 0 Å². The van der Waals surface area contributed by atoms with E-state index in [-0.39, 0.29) is 25.8 Å². The number of hydrogen-bond donors (Lipinski definition) is 4. The van der Waals surface area contributed by atoms with E-state index in [1.165, 1.54) is 0 Å². The molecule has 5 nitrogen and oxygen atoms in total. The molecule has 0 bridgehead atoms. The Morgan fingerprint density at radius 1 is 1.25 bits per heavy atom. The lowest BCUT2D eigenvalue weighted by Gasteiger charge is -2.14. The molecule has 0 aliphatic rings. The number of rotatable bonds is 7. The van der Waals surface area contributed by atoms with Gasteiger partial charge in [-0.2, -0.15) is 0 Å². The predicted molar refractivity (Wildman–Crippen MR) is 45.6 cm³/mol. The van der Waals surface area contributed by atoms with Gasteiger partial charge in [0.2, 0.25) is 0 Å². The highest BCUT2D eigenvalue weighted by Crippen LogP contribution is 1.94. The summed E-state index contributed by atoms with van der Waals surface area (Å²) in [4.78, 5) is 0. The lowest BCUT2D eigenvalue weighted by atomic mass is 10.3. The minimum atomic E-state index is -0.526. The number of hydrogen-bond acceptors (Lipinski definition) is 5. The normalized spacial score (nSPS) is 16.0. The molecular weight excluding hydrogens is 160 g/mol. The van der Waals surface area contributed by atoms with Crippen LogP contribution in [0.5, 0.6) is 0 Å². The van der Waals surface area contributed by atoms with E-state index in [9.17, 15) is 0 Å². The zero-order valence-electron chi connectivity index (χ0n) is 7.15. The first-order chi connectivity index (χ1) is 5.74. The Hall–Kier alpha value is -0.200. The summed E-state index contributed by atoms with van der Waals surface area (Å²) in [6.45, 7) is 0.807. The minimum Gasteiger partial charge on any atom is -0.394 e. The van der Waals surface area contributed by atoms with E-state index >= 15 is 0 Å². The Kier molecular flexibility index (Phi) is 7.33. The van der Waals surface area contributed by atoms with Gasteiger partial charge in [-0.15, -0.1) is 0 Å². The van der Waals surface area contributed by atoms with Crippen LogP contribution in [0.2, 0.25) is 0 Å². The van der Waals surface area contributed by atoms with Gasteiger partial charge in [-0.25, -0.2) is 0 Å². The second-order valence-corrected chi connectivity index (χ2v) is 2.59. The van der Waals surface area contributed by atoms with Gasteiger partial charge < -0.3 is 26.4 Å². The standard InChI is InChI=1S/C7H18N2O3/c8-3-6(11)1-2-12-7(4-9)5-10/h6-7,10-11H,1-5,8-9H2. The van der Waals surface area contributed by atoms with Crippen LogP contribution >= 0.6 is 0 Å². The summed E-state index contributed by atoms with van der Waals surface area (Å²) in [6.07, 6.45) is -0.371. The van der Waals surface area contributed by atoms with Crippen LogP contribution in [0.1, 0.15) is 6.42 Å². The van der Waals surface area contributed by atoms with Crippen molar-refractivity contribution < 1.29 is 14.9 Å². The Balaban J connectivity index is 3.28. The van der Waals surface area contributed by atoms with Crippen molar-refractivity contribution in [1.82, 2.24) is 0 Å². The molecule has 0 aliphatic heterocycles. The maximum atomic E-state index is 9.02. The largest absolute Gasteiger partial charge is 0.394 e. The molecule has 0 aliphatic carbocycles. The van der Waals surface area contributed by atoms with Crippen LogP contribution in [0.25, 0.3) is 0 Å². The third-order valence-electron chi connectivity index (χ3n) is 1.54. The summed E-state index contributed by atoms with van der Waals surface area (Å²) < 4.78 is 5.12. The molecule has 0 saturated heterocycles. The summed E-state index contributed by atoms with van der Waals surface area (Å²) in [6, 6.07) is 0. The maximum Gasteiger partial charge on any atom is 0.0927 e. The predicted octanol–water partition coefficient (Wildman–Crippen LogP) is -1.97. The molecule has 0 aromatic rings. The van der Waals surface area contributed by atoms with Crippen molar-refractivity contribution in [2.75, 3.05) is 26.3 Å². The Labute approximate surface area is 72.3 Å². The third kappa shape index (κ3) is 5.45. The van der Waals surface area contributed by atoms with Gasteiger partial charge in [0, 0.05) is 19.7 Å². The quantitative estimate of drug-likeness (QED) is 0.362. The molecule has 0 aromatic carbocycles. The van der Waals surface area contributed by atoms with Gasteiger partial charge in [-0.05, 0) is 6.42 Å². The van der Waals surface area contributed by atoms with Crippen LogP contribution in [-0.4, -0.2) is 48.7 Å². The molecule has 0 rings (SSSR count). The second kappa shape index (κ2) is 7.45. The first kappa shape index (κ1) is 11.8. The van der Waals surface area contributed by atoms with E-state index < -0.39 is 6.10 Å². The molecule has 0 fully saturated rings. The first-order valence-corrected chi connectivity index (χ1v) is 4.05. The molecule has 6 N–H and O–H groups in total. The van der Waals surface area contributed by atoms with Crippen molar-refractivity contribution in [2.24, 2.45) is 11.5 Å². The molecule has 0 spiro atoms. The molecule has 2 unspecified atom stereocenters. The van der Waals surface area contributed by atoms with Gasteiger partial charge in [0.25, 0.3) is 0 Å².